The molecule has 16 heavy (non-hydrogen) atoms. The largest absolute Gasteiger partial charge is 0.487 e. The van der Waals surface area contributed by atoms with Crippen LogP contribution in [-0.4, -0.2) is 9.78 Å². The summed E-state index contributed by atoms with van der Waals surface area (Å²) in [6.45, 7) is 0.479. The van der Waals surface area contributed by atoms with Crippen LogP contribution in [0.1, 0.15) is 11.3 Å². The van der Waals surface area contributed by atoms with Gasteiger partial charge in [-0.2, -0.15) is 5.10 Å². The summed E-state index contributed by atoms with van der Waals surface area (Å²) in [4.78, 5) is 0. The maximum absolute atomic E-state index is 5.75. The van der Waals surface area contributed by atoms with Crippen molar-refractivity contribution in [3.63, 3.8) is 0 Å². The number of aromatic nitrogens is 2. The van der Waals surface area contributed by atoms with Crippen molar-refractivity contribution >= 4 is 11.6 Å². The minimum atomic E-state index is 0.479. The molecule has 1 heterocycles. The van der Waals surface area contributed by atoms with Crippen LogP contribution in [0.3, 0.4) is 0 Å². The third-order valence-electron chi connectivity index (χ3n) is 2.21. The molecule has 0 N–H and O–H groups in total. The Bertz CT molecular complexity index is 468. The van der Waals surface area contributed by atoms with Crippen molar-refractivity contribution in [3.05, 3.63) is 47.8 Å². The van der Waals surface area contributed by atoms with E-state index < -0.39 is 0 Å². The highest BCUT2D eigenvalue weighted by atomic mass is 35.5. The van der Waals surface area contributed by atoms with E-state index in [1.807, 2.05) is 43.6 Å². The summed E-state index contributed by atoms with van der Waals surface area (Å²) in [7, 11) is 1.89. The first-order valence-corrected chi connectivity index (χ1v) is 5.57. The molecular weight excluding hydrogens is 224 g/mol. The first-order chi connectivity index (χ1) is 7.78. The Balaban J connectivity index is 1.99. The van der Waals surface area contributed by atoms with Gasteiger partial charge in [0, 0.05) is 19.1 Å². The fourth-order valence-electron chi connectivity index (χ4n) is 1.42. The lowest BCUT2D eigenvalue weighted by Crippen LogP contribution is -1.98. The molecule has 0 aliphatic rings. The van der Waals surface area contributed by atoms with Gasteiger partial charge in [0.15, 0.2) is 0 Å². The van der Waals surface area contributed by atoms with E-state index in [1.54, 1.807) is 4.68 Å². The Labute approximate surface area is 99.6 Å². The molecule has 0 saturated heterocycles. The van der Waals surface area contributed by atoms with Gasteiger partial charge in [0.25, 0.3) is 0 Å². The second-order valence-corrected chi connectivity index (χ2v) is 3.82. The molecule has 1 aromatic carbocycles. The lowest BCUT2D eigenvalue weighted by molar-refractivity contribution is 0.300. The van der Waals surface area contributed by atoms with Gasteiger partial charge in [-0.1, -0.05) is 12.1 Å². The third-order valence-corrected chi connectivity index (χ3v) is 2.52. The molecule has 0 radical (unpaired) electrons. The molecule has 2 aromatic rings. The maximum atomic E-state index is 5.75. The van der Waals surface area contributed by atoms with E-state index in [4.69, 9.17) is 16.3 Å². The summed E-state index contributed by atoms with van der Waals surface area (Å²) < 4.78 is 7.37. The van der Waals surface area contributed by atoms with Crippen molar-refractivity contribution in [1.82, 2.24) is 9.78 Å². The van der Waals surface area contributed by atoms with Crippen molar-refractivity contribution in [2.75, 3.05) is 0 Å². The Morgan fingerprint density at radius 1 is 1.38 bits per heavy atom. The fourth-order valence-corrected chi connectivity index (χ4v) is 1.58. The minimum Gasteiger partial charge on any atom is -0.487 e. The molecule has 0 saturated carbocycles. The van der Waals surface area contributed by atoms with Crippen LogP contribution in [0.15, 0.2) is 36.5 Å². The average molecular weight is 237 g/mol. The smallest absolute Gasteiger partial charge is 0.132 e. The van der Waals surface area contributed by atoms with Crippen molar-refractivity contribution in [3.8, 4) is 5.75 Å². The topological polar surface area (TPSA) is 27.1 Å². The highest BCUT2D eigenvalue weighted by Gasteiger charge is 1.99. The summed E-state index contributed by atoms with van der Waals surface area (Å²) in [5.41, 5.74) is 1.97. The van der Waals surface area contributed by atoms with E-state index in [-0.39, 0.29) is 0 Å². The number of alkyl halides is 1. The quantitative estimate of drug-likeness (QED) is 0.764. The summed E-state index contributed by atoms with van der Waals surface area (Å²) in [6.07, 6.45) is 1.90. The molecule has 4 heteroatoms. The SMILES string of the molecule is Cn1ccc(COc2cccc(CCl)c2)n1. The van der Waals surface area contributed by atoms with Gasteiger partial charge >= 0.3 is 0 Å². The molecule has 0 spiro atoms. The average Bonchev–Trinajstić information content (AvgIpc) is 2.73. The molecular formula is C12H13ClN2O. The second kappa shape index (κ2) is 5.03. The van der Waals surface area contributed by atoms with Crippen molar-refractivity contribution in [2.24, 2.45) is 7.05 Å². The minimum absolute atomic E-state index is 0.479. The van der Waals surface area contributed by atoms with Crippen LogP contribution in [-0.2, 0) is 19.5 Å². The first-order valence-electron chi connectivity index (χ1n) is 5.04. The molecule has 0 aliphatic heterocycles. The Kier molecular flexibility index (Phi) is 3.47. The molecule has 2 rings (SSSR count). The summed E-state index contributed by atoms with van der Waals surface area (Å²) >= 11 is 5.75. The van der Waals surface area contributed by atoms with Crippen molar-refractivity contribution in [2.45, 2.75) is 12.5 Å². The second-order valence-electron chi connectivity index (χ2n) is 3.55. The molecule has 0 unspecified atom stereocenters. The Hall–Kier alpha value is -1.48. The molecule has 0 amide bonds. The summed E-state index contributed by atoms with van der Waals surface area (Å²) in [6, 6.07) is 9.70. The highest BCUT2D eigenvalue weighted by molar-refractivity contribution is 6.17. The van der Waals surface area contributed by atoms with E-state index >= 15 is 0 Å². The van der Waals surface area contributed by atoms with Crippen LogP contribution in [0, 0.1) is 0 Å². The lowest BCUT2D eigenvalue weighted by Gasteiger charge is -2.05. The summed E-state index contributed by atoms with van der Waals surface area (Å²) in [5.74, 6) is 1.32. The van der Waals surface area contributed by atoms with Crippen LogP contribution < -0.4 is 4.74 Å². The van der Waals surface area contributed by atoms with E-state index in [9.17, 15) is 0 Å². The number of hydrogen-bond acceptors (Lipinski definition) is 2. The number of nitrogens with zero attached hydrogens (tertiary/aromatic N) is 2. The fraction of sp³-hybridized carbons (Fsp3) is 0.250. The van der Waals surface area contributed by atoms with Crippen LogP contribution in [0.4, 0.5) is 0 Å². The highest BCUT2D eigenvalue weighted by Crippen LogP contribution is 2.15. The van der Waals surface area contributed by atoms with Crippen LogP contribution >= 0.6 is 11.6 Å². The first kappa shape index (κ1) is 11.0. The van der Waals surface area contributed by atoms with Crippen LogP contribution in [0.2, 0.25) is 0 Å². The zero-order valence-corrected chi connectivity index (χ0v) is 9.81. The van der Waals surface area contributed by atoms with Crippen molar-refractivity contribution in [1.29, 1.82) is 0 Å². The number of hydrogen-bond donors (Lipinski definition) is 0. The zero-order valence-electron chi connectivity index (χ0n) is 9.06. The van der Waals surface area contributed by atoms with Gasteiger partial charge in [0.1, 0.15) is 12.4 Å². The Morgan fingerprint density at radius 2 is 2.25 bits per heavy atom. The van der Waals surface area contributed by atoms with E-state index in [2.05, 4.69) is 5.10 Å². The van der Waals surface area contributed by atoms with Gasteiger partial charge in [0.2, 0.25) is 0 Å². The van der Waals surface area contributed by atoms with Gasteiger partial charge in [0.05, 0.1) is 5.69 Å². The van der Waals surface area contributed by atoms with E-state index in [1.165, 1.54) is 0 Å². The number of rotatable bonds is 4. The third kappa shape index (κ3) is 2.76. The number of halogens is 1. The molecule has 1 aromatic heterocycles. The number of benzene rings is 1. The molecule has 0 atom stereocenters. The van der Waals surface area contributed by atoms with E-state index in [0.29, 0.717) is 12.5 Å². The standard InChI is InChI=1S/C12H13ClN2O/c1-15-6-5-11(14-15)9-16-12-4-2-3-10(7-12)8-13/h2-7H,8-9H2,1H3. The zero-order chi connectivity index (χ0) is 11.4. The number of aryl methyl sites for hydroxylation is 1. The van der Waals surface area contributed by atoms with Crippen molar-refractivity contribution < 1.29 is 4.74 Å². The van der Waals surface area contributed by atoms with Gasteiger partial charge in [-0.3, -0.25) is 4.68 Å². The predicted molar refractivity (Wildman–Crippen MR) is 63.5 cm³/mol. The van der Waals surface area contributed by atoms with E-state index in [0.717, 1.165) is 17.0 Å². The predicted octanol–water partition coefficient (Wildman–Crippen LogP) is 2.74. The summed E-state index contributed by atoms with van der Waals surface area (Å²) in [5, 5.41) is 4.23. The molecule has 0 fully saturated rings. The Morgan fingerprint density at radius 3 is 2.94 bits per heavy atom. The monoisotopic (exact) mass is 236 g/mol. The normalized spacial score (nSPS) is 10.4. The molecule has 0 bridgehead atoms. The van der Waals surface area contributed by atoms with Gasteiger partial charge < -0.3 is 4.74 Å². The molecule has 0 aliphatic carbocycles. The van der Waals surface area contributed by atoms with Gasteiger partial charge in [-0.25, -0.2) is 0 Å². The van der Waals surface area contributed by atoms with Crippen LogP contribution in [0.25, 0.3) is 0 Å². The van der Waals surface area contributed by atoms with Gasteiger partial charge in [-0.15, -0.1) is 11.6 Å². The van der Waals surface area contributed by atoms with Crippen LogP contribution in [0.5, 0.6) is 5.75 Å². The van der Waals surface area contributed by atoms with Gasteiger partial charge in [-0.05, 0) is 23.8 Å². The number of ether oxygens (including phenoxy) is 1. The molecule has 3 nitrogen and oxygen atoms in total. The lowest BCUT2D eigenvalue weighted by atomic mass is 10.2. The maximum Gasteiger partial charge on any atom is 0.132 e. The molecule has 84 valence electrons.